The fourth-order valence-electron chi connectivity index (χ4n) is 2.99. The van der Waals surface area contributed by atoms with Gasteiger partial charge in [-0.2, -0.15) is 0 Å². The Kier molecular flexibility index (Phi) is 4.58. The second kappa shape index (κ2) is 7.19. The van der Waals surface area contributed by atoms with Crippen LogP contribution >= 0.6 is 0 Å². The summed E-state index contributed by atoms with van der Waals surface area (Å²) in [4.78, 5) is 28.9. The predicted molar refractivity (Wildman–Crippen MR) is 99.3 cm³/mol. The molecule has 1 aliphatic carbocycles. The minimum absolute atomic E-state index is 0.0180. The molecule has 138 valence electrons. The molecule has 2 N–H and O–H groups in total. The van der Waals surface area contributed by atoms with Gasteiger partial charge in [-0.05, 0) is 37.1 Å². The molecule has 2 amide bonds. The summed E-state index contributed by atoms with van der Waals surface area (Å²) in [5, 5.41) is 5.46. The zero-order valence-electron chi connectivity index (χ0n) is 14.6. The highest BCUT2D eigenvalue weighted by Gasteiger charge is 2.29. The number of benzene rings is 2. The van der Waals surface area contributed by atoms with Crippen molar-refractivity contribution in [1.82, 2.24) is 14.9 Å². The molecule has 4 rings (SSSR count). The molecule has 6 nitrogen and oxygen atoms in total. The molecule has 1 heterocycles. The summed E-state index contributed by atoms with van der Waals surface area (Å²) in [7, 11) is 0. The van der Waals surface area contributed by atoms with Gasteiger partial charge in [0.2, 0.25) is 11.8 Å². The lowest BCUT2D eigenvalue weighted by Crippen LogP contribution is -2.27. The molecule has 2 aromatic carbocycles. The number of nitrogens with one attached hydrogen (secondary N) is 2. The topological polar surface area (TPSA) is 76.0 Å². The summed E-state index contributed by atoms with van der Waals surface area (Å²) >= 11 is 0. The number of anilines is 1. The first-order valence-corrected chi connectivity index (χ1v) is 8.88. The van der Waals surface area contributed by atoms with Crippen LogP contribution in [-0.2, 0) is 22.7 Å². The average Bonchev–Trinajstić information content (AvgIpc) is 3.46. The first-order valence-electron chi connectivity index (χ1n) is 8.88. The van der Waals surface area contributed by atoms with Crippen LogP contribution < -0.4 is 10.6 Å². The predicted octanol–water partition coefficient (Wildman–Crippen LogP) is 2.84. The molecule has 1 saturated carbocycles. The lowest BCUT2D eigenvalue weighted by Gasteiger charge is -2.11. The summed E-state index contributed by atoms with van der Waals surface area (Å²) in [6.07, 6.45) is 1.85. The van der Waals surface area contributed by atoms with E-state index in [1.54, 1.807) is 16.7 Å². The van der Waals surface area contributed by atoms with E-state index in [1.807, 2.05) is 24.3 Å². The lowest BCUT2D eigenvalue weighted by atomic mass is 10.3. The Hall–Kier alpha value is -3.22. The van der Waals surface area contributed by atoms with Gasteiger partial charge in [0.15, 0.2) is 0 Å². The van der Waals surface area contributed by atoms with Gasteiger partial charge < -0.3 is 15.2 Å². The maximum absolute atomic E-state index is 13.8. The number of para-hydroxylation sites is 3. The first kappa shape index (κ1) is 17.2. The van der Waals surface area contributed by atoms with E-state index in [0.29, 0.717) is 5.82 Å². The number of imidazole rings is 1. The lowest BCUT2D eigenvalue weighted by molar-refractivity contribution is -0.122. The van der Waals surface area contributed by atoms with E-state index in [2.05, 4.69) is 15.6 Å². The molecule has 0 spiro atoms. The second-order valence-corrected chi connectivity index (χ2v) is 6.62. The van der Waals surface area contributed by atoms with E-state index in [0.717, 1.165) is 23.9 Å². The standard InChI is InChI=1S/C20H19FN4O2/c21-14-5-1-2-6-15(14)24-19(26)12-25-17-8-4-3-7-16(17)23-18(25)11-22-20(27)13-9-10-13/h1-8,13H,9-12H2,(H,22,27)(H,24,26). The number of aromatic nitrogens is 2. The highest BCUT2D eigenvalue weighted by molar-refractivity contribution is 5.92. The molecule has 0 radical (unpaired) electrons. The highest BCUT2D eigenvalue weighted by atomic mass is 19.1. The minimum atomic E-state index is -0.488. The van der Waals surface area contributed by atoms with Crippen LogP contribution in [-0.4, -0.2) is 21.4 Å². The van der Waals surface area contributed by atoms with Gasteiger partial charge in [0.1, 0.15) is 18.2 Å². The third kappa shape index (κ3) is 3.81. The zero-order valence-corrected chi connectivity index (χ0v) is 14.6. The molecular weight excluding hydrogens is 347 g/mol. The molecule has 27 heavy (non-hydrogen) atoms. The van der Waals surface area contributed by atoms with E-state index >= 15 is 0 Å². The Morgan fingerprint density at radius 3 is 2.63 bits per heavy atom. The van der Waals surface area contributed by atoms with Crippen LogP contribution in [0.4, 0.5) is 10.1 Å². The minimum Gasteiger partial charge on any atom is -0.349 e. The molecule has 7 heteroatoms. The number of hydrogen-bond donors (Lipinski definition) is 2. The van der Waals surface area contributed by atoms with Crippen LogP contribution in [0.2, 0.25) is 0 Å². The van der Waals surface area contributed by atoms with Crippen molar-refractivity contribution < 1.29 is 14.0 Å². The van der Waals surface area contributed by atoms with Gasteiger partial charge in [0, 0.05) is 5.92 Å². The summed E-state index contributed by atoms with van der Waals surface area (Å²) in [6.45, 7) is 0.223. The van der Waals surface area contributed by atoms with Crippen molar-refractivity contribution in [1.29, 1.82) is 0 Å². The molecule has 1 aliphatic rings. The molecule has 0 atom stereocenters. The van der Waals surface area contributed by atoms with Crippen molar-refractivity contribution in [3.8, 4) is 0 Å². The number of halogens is 1. The van der Waals surface area contributed by atoms with E-state index in [1.165, 1.54) is 12.1 Å². The van der Waals surface area contributed by atoms with Gasteiger partial charge in [-0.1, -0.05) is 24.3 Å². The summed E-state index contributed by atoms with van der Waals surface area (Å²) in [5.74, 6) is -0.137. The molecule has 0 bridgehead atoms. The van der Waals surface area contributed by atoms with Crippen molar-refractivity contribution >= 4 is 28.5 Å². The third-order valence-electron chi connectivity index (χ3n) is 4.55. The van der Waals surface area contributed by atoms with Gasteiger partial charge in [-0.15, -0.1) is 0 Å². The molecule has 0 unspecified atom stereocenters. The van der Waals surface area contributed by atoms with E-state index < -0.39 is 5.82 Å². The Labute approximate surface area is 155 Å². The Morgan fingerprint density at radius 1 is 1.11 bits per heavy atom. The van der Waals surface area contributed by atoms with Crippen molar-refractivity contribution in [2.75, 3.05) is 5.32 Å². The molecule has 1 aromatic heterocycles. The maximum Gasteiger partial charge on any atom is 0.244 e. The van der Waals surface area contributed by atoms with Crippen LogP contribution in [0.1, 0.15) is 18.7 Å². The van der Waals surface area contributed by atoms with Gasteiger partial charge in [0.25, 0.3) is 0 Å². The fourth-order valence-corrected chi connectivity index (χ4v) is 2.99. The molecular formula is C20H19FN4O2. The van der Waals surface area contributed by atoms with Crippen LogP contribution in [0.25, 0.3) is 11.0 Å². The number of carbonyl (C=O) groups excluding carboxylic acids is 2. The molecule has 1 fully saturated rings. The van der Waals surface area contributed by atoms with Crippen LogP contribution in [0.5, 0.6) is 0 Å². The molecule has 0 saturated heterocycles. The summed E-state index contributed by atoms with van der Waals surface area (Å²) in [5.41, 5.74) is 1.67. The van der Waals surface area contributed by atoms with Crippen molar-refractivity contribution in [2.24, 2.45) is 5.92 Å². The summed E-state index contributed by atoms with van der Waals surface area (Å²) < 4.78 is 15.5. The largest absolute Gasteiger partial charge is 0.349 e. The van der Waals surface area contributed by atoms with Gasteiger partial charge in [-0.25, -0.2) is 9.37 Å². The number of hydrogen-bond acceptors (Lipinski definition) is 3. The first-order chi connectivity index (χ1) is 13.1. The highest BCUT2D eigenvalue weighted by Crippen LogP contribution is 2.28. The Bertz CT molecular complexity index is 1010. The number of fused-ring (bicyclic) bond motifs is 1. The van der Waals surface area contributed by atoms with Crippen LogP contribution in [0.3, 0.4) is 0 Å². The second-order valence-electron chi connectivity index (χ2n) is 6.62. The van der Waals surface area contributed by atoms with Gasteiger partial charge in [-0.3, -0.25) is 9.59 Å². The zero-order chi connectivity index (χ0) is 18.8. The summed E-state index contributed by atoms with van der Waals surface area (Å²) in [6, 6.07) is 13.5. The van der Waals surface area contributed by atoms with Crippen LogP contribution in [0, 0.1) is 11.7 Å². The quantitative estimate of drug-likeness (QED) is 0.704. The van der Waals surface area contributed by atoms with Crippen molar-refractivity contribution in [3.05, 3.63) is 60.2 Å². The number of carbonyl (C=O) groups is 2. The van der Waals surface area contributed by atoms with Crippen molar-refractivity contribution in [3.63, 3.8) is 0 Å². The normalized spacial score (nSPS) is 13.5. The number of amides is 2. The Morgan fingerprint density at radius 2 is 1.85 bits per heavy atom. The molecule has 3 aromatic rings. The average molecular weight is 366 g/mol. The third-order valence-corrected chi connectivity index (χ3v) is 4.55. The van der Waals surface area contributed by atoms with Crippen LogP contribution in [0.15, 0.2) is 48.5 Å². The van der Waals surface area contributed by atoms with E-state index in [-0.39, 0.29) is 36.5 Å². The Balaban J connectivity index is 1.55. The molecule has 0 aliphatic heterocycles. The van der Waals surface area contributed by atoms with Gasteiger partial charge in [0.05, 0.1) is 23.3 Å². The fraction of sp³-hybridized carbons (Fsp3) is 0.250. The van der Waals surface area contributed by atoms with Gasteiger partial charge >= 0.3 is 0 Å². The SMILES string of the molecule is O=C(Cn1c(CNC(=O)C2CC2)nc2ccccc21)Nc1ccccc1F. The van der Waals surface area contributed by atoms with E-state index in [4.69, 9.17) is 0 Å². The number of nitrogens with zero attached hydrogens (tertiary/aromatic N) is 2. The number of rotatable bonds is 6. The maximum atomic E-state index is 13.8. The van der Waals surface area contributed by atoms with E-state index in [9.17, 15) is 14.0 Å². The smallest absolute Gasteiger partial charge is 0.244 e. The van der Waals surface area contributed by atoms with Crippen molar-refractivity contribution in [2.45, 2.75) is 25.9 Å². The monoisotopic (exact) mass is 366 g/mol.